The molecule has 1 aliphatic carbocycles. The quantitative estimate of drug-likeness (QED) is 0.847. The van der Waals surface area contributed by atoms with Crippen molar-refractivity contribution in [3.8, 4) is 0 Å². The first-order chi connectivity index (χ1) is 10.3. The fourth-order valence-corrected chi connectivity index (χ4v) is 2.55. The maximum atomic E-state index is 5.76. The monoisotopic (exact) mass is 287 g/mol. The lowest BCUT2D eigenvalue weighted by molar-refractivity contribution is 0.0384. The van der Waals surface area contributed by atoms with Crippen molar-refractivity contribution < 1.29 is 9.26 Å². The van der Waals surface area contributed by atoms with Crippen molar-refractivity contribution in [1.29, 1.82) is 0 Å². The number of nitrogens with two attached hydrogens (primary N) is 1. The van der Waals surface area contributed by atoms with Gasteiger partial charge in [-0.05, 0) is 36.8 Å². The minimum atomic E-state index is -0.0164. The third-order valence-electron chi connectivity index (χ3n) is 3.81. The molecule has 1 unspecified atom stereocenters. The summed E-state index contributed by atoms with van der Waals surface area (Å²) in [4.78, 5) is 4.52. The molecule has 1 atom stereocenters. The van der Waals surface area contributed by atoms with E-state index in [9.17, 15) is 0 Å². The predicted molar refractivity (Wildman–Crippen MR) is 78.5 cm³/mol. The molecule has 2 N–H and O–H groups in total. The van der Waals surface area contributed by atoms with Gasteiger partial charge in [-0.1, -0.05) is 29.4 Å². The molecule has 0 spiro atoms. The standard InChI is InChI=1S/C16H21N3O2/c1-2-20-15(11-7-8-11)16-18-14(21-19-16)9-12-5-3-4-6-13(12)10-17/h3-6,11,15H,2,7-10,17H2,1H3. The molecular formula is C16H21N3O2. The molecule has 5 nitrogen and oxygen atoms in total. The van der Waals surface area contributed by atoms with Gasteiger partial charge in [-0.2, -0.15) is 4.98 Å². The van der Waals surface area contributed by atoms with Crippen molar-refractivity contribution in [2.75, 3.05) is 6.61 Å². The van der Waals surface area contributed by atoms with Crippen molar-refractivity contribution in [3.63, 3.8) is 0 Å². The molecule has 0 bridgehead atoms. The van der Waals surface area contributed by atoms with E-state index in [-0.39, 0.29) is 6.10 Å². The zero-order valence-electron chi connectivity index (χ0n) is 12.3. The molecule has 2 aromatic rings. The molecule has 112 valence electrons. The SMILES string of the molecule is CCOC(c1noc(Cc2ccccc2CN)n1)C1CC1. The van der Waals surface area contributed by atoms with Crippen LogP contribution in [-0.2, 0) is 17.7 Å². The Labute approximate surface area is 124 Å². The molecule has 1 saturated carbocycles. The minimum Gasteiger partial charge on any atom is -0.370 e. The normalized spacial score (nSPS) is 16.1. The predicted octanol–water partition coefficient (Wildman–Crippen LogP) is 2.61. The Morgan fingerprint density at radius 2 is 2.10 bits per heavy atom. The Morgan fingerprint density at radius 1 is 1.33 bits per heavy atom. The third kappa shape index (κ3) is 3.31. The Kier molecular flexibility index (Phi) is 4.31. The summed E-state index contributed by atoms with van der Waals surface area (Å²) in [6, 6.07) is 8.06. The Morgan fingerprint density at radius 3 is 2.76 bits per heavy atom. The van der Waals surface area contributed by atoms with E-state index < -0.39 is 0 Å². The molecule has 1 aliphatic rings. The van der Waals surface area contributed by atoms with E-state index in [0.29, 0.717) is 37.2 Å². The Hall–Kier alpha value is -1.72. The highest BCUT2D eigenvalue weighted by molar-refractivity contribution is 5.29. The van der Waals surface area contributed by atoms with Crippen LogP contribution in [0.5, 0.6) is 0 Å². The summed E-state index contributed by atoms with van der Waals surface area (Å²) in [5.41, 5.74) is 8.00. The second-order valence-electron chi connectivity index (χ2n) is 5.41. The average molecular weight is 287 g/mol. The molecule has 5 heteroatoms. The van der Waals surface area contributed by atoms with Crippen molar-refractivity contribution in [1.82, 2.24) is 10.1 Å². The van der Waals surface area contributed by atoms with Crippen LogP contribution in [0.15, 0.2) is 28.8 Å². The first kappa shape index (κ1) is 14.2. The number of nitrogens with zero attached hydrogens (tertiary/aromatic N) is 2. The highest BCUT2D eigenvalue weighted by atomic mass is 16.5. The summed E-state index contributed by atoms with van der Waals surface area (Å²) in [7, 11) is 0. The summed E-state index contributed by atoms with van der Waals surface area (Å²) in [6.07, 6.45) is 2.97. The summed E-state index contributed by atoms with van der Waals surface area (Å²) in [5, 5.41) is 4.11. The van der Waals surface area contributed by atoms with E-state index in [1.54, 1.807) is 0 Å². The second-order valence-corrected chi connectivity index (χ2v) is 5.41. The molecule has 1 fully saturated rings. The van der Waals surface area contributed by atoms with E-state index >= 15 is 0 Å². The number of hydrogen-bond acceptors (Lipinski definition) is 5. The highest BCUT2D eigenvalue weighted by Gasteiger charge is 2.36. The van der Waals surface area contributed by atoms with Crippen LogP contribution in [0.3, 0.4) is 0 Å². The summed E-state index contributed by atoms with van der Waals surface area (Å²) in [6.45, 7) is 3.18. The van der Waals surface area contributed by atoms with Crippen LogP contribution in [0.25, 0.3) is 0 Å². The fourth-order valence-electron chi connectivity index (χ4n) is 2.55. The van der Waals surface area contributed by atoms with Crippen molar-refractivity contribution in [2.24, 2.45) is 11.7 Å². The van der Waals surface area contributed by atoms with Crippen LogP contribution < -0.4 is 5.73 Å². The zero-order chi connectivity index (χ0) is 14.7. The smallest absolute Gasteiger partial charge is 0.231 e. The van der Waals surface area contributed by atoms with Gasteiger partial charge in [0, 0.05) is 13.2 Å². The molecule has 0 radical (unpaired) electrons. The summed E-state index contributed by atoms with van der Waals surface area (Å²) >= 11 is 0. The van der Waals surface area contributed by atoms with Crippen LogP contribution in [0.1, 0.15) is 48.7 Å². The van der Waals surface area contributed by atoms with Crippen LogP contribution in [0.2, 0.25) is 0 Å². The maximum absolute atomic E-state index is 5.76. The molecule has 1 heterocycles. The van der Waals surface area contributed by atoms with Crippen molar-refractivity contribution in [3.05, 3.63) is 47.1 Å². The van der Waals surface area contributed by atoms with Crippen molar-refractivity contribution >= 4 is 0 Å². The van der Waals surface area contributed by atoms with E-state index in [2.05, 4.69) is 10.1 Å². The lowest BCUT2D eigenvalue weighted by Gasteiger charge is -2.11. The molecule has 21 heavy (non-hydrogen) atoms. The molecule has 0 amide bonds. The molecule has 3 rings (SSSR count). The maximum Gasteiger partial charge on any atom is 0.231 e. The van der Waals surface area contributed by atoms with Gasteiger partial charge in [0.1, 0.15) is 6.10 Å². The van der Waals surface area contributed by atoms with Gasteiger partial charge >= 0.3 is 0 Å². The van der Waals surface area contributed by atoms with Gasteiger partial charge < -0.3 is 15.0 Å². The molecule has 0 saturated heterocycles. The van der Waals surface area contributed by atoms with Crippen LogP contribution >= 0.6 is 0 Å². The highest BCUT2D eigenvalue weighted by Crippen LogP contribution is 2.42. The third-order valence-corrected chi connectivity index (χ3v) is 3.81. The van der Waals surface area contributed by atoms with Gasteiger partial charge in [0.2, 0.25) is 11.7 Å². The molecule has 1 aromatic heterocycles. The van der Waals surface area contributed by atoms with Crippen LogP contribution in [-0.4, -0.2) is 16.7 Å². The summed E-state index contributed by atoms with van der Waals surface area (Å²) < 4.78 is 11.1. The molecule has 1 aromatic carbocycles. The largest absolute Gasteiger partial charge is 0.370 e. The van der Waals surface area contributed by atoms with Gasteiger partial charge in [0.15, 0.2) is 0 Å². The van der Waals surface area contributed by atoms with Gasteiger partial charge in [0.05, 0.1) is 6.42 Å². The van der Waals surface area contributed by atoms with E-state index in [4.69, 9.17) is 15.0 Å². The van der Waals surface area contributed by atoms with Crippen molar-refractivity contribution in [2.45, 2.75) is 38.8 Å². The number of ether oxygens (including phenoxy) is 1. The van der Waals surface area contributed by atoms with Gasteiger partial charge in [-0.15, -0.1) is 0 Å². The minimum absolute atomic E-state index is 0.0164. The number of aromatic nitrogens is 2. The Balaban J connectivity index is 1.75. The number of benzene rings is 1. The summed E-state index contributed by atoms with van der Waals surface area (Å²) in [5.74, 6) is 1.85. The van der Waals surface area contributed by atoms with Gasteiger partial charge in [-0.25, -0.2) is 0 Å². The van der Waals surface area contributed by atoms with Crippen LogP contribution in [0, 0.1) is 5.92 Å². The number of rotatable bonds is 7. The van der Waals surface area contributed by atoms with Crippen LogP contribution in [0.4, 0.5) is 0 Å². The van der Waals surface area contributed by atoms with Gasteiger partial charge in [0.25, 0.3) is 0 Å². The lowest BCUT2D eigenvalue weighted by atomic mass is 10.0. The first-order valence-corrected chi connectivity index (χ1v) is 7.52. The Bertz CT molecular complexity index is 593. The van der Waals surface area contributed by atoms with E-state index in [0.717, 1.165) is 11.1 Å². The first-order valence-electron chi connectivity index (χ1n) is 7.52. The average Bonchev–Trinajstić information content (AvgIpc) is 3.25. The fraction of sp³-hybridized carbons (Fsp3) is 0.500. The molecular weight excluding hydrogens is 266 g/mol. The lowest BCUT2D eigenvalue weighted by Crippen LogP contribution is -2.08. The van der Waals surface area contributed by atoms with Gasteiger partial charge in [-0.3, -0.25) is 0 Å². The zero-order valence-corrected chi connectivity index (χ0v) is 12.3. The number of hydrogen-bond donors (Lipinski definition) is 1. The van der Waals surface area contributed by atoms with E-state index in [1.807, 2.05) is 31.2 Å². The molecule has 0 aliphatic heterocycles. The second kappa shape index (κ2) is 6.37. The van der Waals surface area contributed by atoms with E-state index in [1.165, 1.54) is 12.8 Å². The topological polar surface area (TPSA) is 74.2 Å².